The molecule has 21 heavy (non-hydrogen) atoms. The maximum absolute atomic E-state index is 11.7. The van der Waals surface area contributed by atoms with Gasteiger partial charge in [0.2, 0.25) is 0 Å². The molecule has 0 heterocycles. The number of benzene rings is 2. The van der Waals surface area contributed by atoms with Crippen LogP contribution in [0.15, 0.2) is 59.5 Å². The molecule has 2 aromatic carbocycles. The lowest BCUT2D eigenvalue weighted by molar-refractivity contribution is 0.315. The van der Waals surface area contributed by atoms with E-state index in [-0.39, 0.29) is 0 Å². The van der Waals surface area contributed by atoms with Gasteiger partial charge in [0.25, 0.3) is 0 Å². The summed E-state index contributed by atoms with van der Waals surface area (Å²) >= 11 is 0. The predicted molar refractivity (Wildman–Crippen MR) is 84.6 cm³/mol. The van der Waals surface area contributed by atoms with Crippen LogP contribution in [0.2, 0.25) is 0 Å². The summed E-state index contributed by atoms with van der Waals surface area (Å²) in [4.78, 5) is 0.328. The van der Waals surface area contributed by atoms with Crippen LogP contribution >= 0.6 is 0 Å². The zero-order chi connectivity index (χ0) is 15.1. The second kappa shape index (κ2) is 7.13. The number of nitrogens with one attached hydrogen (secondary N) is 1. The Hall–Kier alpha value is -2.01. The summed E-state index contributed by atoms with van der Waals surface area (Å²) in [7, 11) is -3.21. The minimum absolute atomic E-state index is 0.328. The molecule has 0 amide bonds. The number of sulfone groups is 1. The summed E-state index contributed by atoms with van der Waals surface area (Å²) in [5, 5.41) is 3.15. The summed E-state index contributed by atoms with van der Waals surface area (Å²) < 4.78 is 28.9. The molecule has 0 spiro atoms. The zero-order valence-electron chi connectivity index (χ0n) is 12.0. The SMILES string of the molecule is CS(=O)(=O)c1ccccc1NCCCOc1ccccc1. The monoisotopic (exact) mass is 305 g/mol. The highest BCUT2D eigenvalue weighted by Gasteiger charge is 2.11. The quantitative estimate of drug-likeness (QED) is 0.799. The van der Waals surface area contributed by atoms with E-state index < -0.39 is 9.84 Å². The first-order chi connectivity index (χ1) is 10.1. The normalized spacial score (nSPS) is 11.1. The van der Waals surface area contributed by atoms with Crippen LogP contribution in [-0.4, -0.2) is 27.8 Å². The molecule has 0 atom stereocenters. The molecule has 5 heteroatoms. The Morgan fingerprint density at radius 2 is 1.67 bits per heavy atom. The molecule has 0 saturated carbocycles. The van der Waals surface area contributed by atoms with Gasteiger partial charge in [0, 0.05) is 12.8 Å². The molecule has 112 valence electrons. The van der Waals surface area contributed by atoms with Crippen LogP contribution in [0.4, 0.5) is 5.69 Å². The van der Waals surface area contributed by atoms with Crippen LogP contribution in [0.5, 0.6) is 5.75 Å². The summed E-state index contributed by atoms with van der Waals surface area (Å²) in [5.74, 6) is 0.842. The van der Waals surface area contributed by atoms with E-state index in [1.807, 2.05) is 36.4 Å². The van der Waals surface area contributed by atoms with Crippen LogP contribution in [0.1, 0.15) is 6.42 Å². The highest BCUT2D eigenvalue weighted by Crippen LogP contribution is 2.20. The number of anilines is 1. The number of hydrogen-bond donors (Lipinski definition) is 1. The molecule has 1 N–H and O–H groups in total. The van der Waals surface area contributed by atoms with E-state index in [0.717, 1.165) is 12.2 Å². The van der Waals surface area contributed by atoms with Crippen molar-refractivity contribution in [2.45, 2.75) is 11.3 Å². The van der Waals surface area contributed by atoms with Crippen molar-refractivity contribution in [2.75, 3.05) is 24.7 Å². The van der Waals surface area contributed by atoms with Gasteiger partial charge in [-0.3, -0.25) is 0 Å². The smallest absolute Gasteiger partial charge is 0.177 e. The van der Waals surface area contributed by atoms with Crippen LogP contribution < -0.4 is 10.1 Å². The Morgan fingerprint density at radius 1 is 1.00 bits per heavy atom. The van der Waals surface area contributed by atoms with E-state index in [9.17, 15) is 8.42 Å². The van der Waals surface area contributed by atoms with Gasteiger partial charge in [-0.1, -0.05) is 30.3 Å². The molecule has 0 aliphatic carbocycles. The Morgan fingerprint density at radius 3 is 2.38 bits per heavy atom. The lowest BCUT2D eigenvalue weighted by Gasteiger charge is -2.11. The van der Waals surface area contributed by atoms with Gasteiger partial charge in [0.15, 0.2) is 9.84 Å². The van der Waals surface area contributed by atoms with Gasteiger partial charge < -0.3 is 10.1 Å². The highest BCUT2D eigenvalue weighted by atomic mass is 32.2. The second-order valence-corrected chi connectivity index (χ2v) is 6.69. The van der Waals surface area contributed by atoms with E-state index in [1.165, 1.54) is 6.26 Å². The number of hydrogen-bond acceptors (Lipinski definition) is 4. The standard InChI is InChI=1S/C16H19NO3S/c1-21(18,19)16-11-6-5-10-15(16)17-12-7-13-20-14-8-3-2-4-9-14/h2-6,8-11,17H,7,12-13H2,1H3. The van der Waals surface area contributed by atoms with Gasteiger partial charge in [-0.25, -0.2) is 8.42 Å². The van der Waals surface area contributed by atoms with E-state index in [2.05, 4.69) is 5.32 Å². The molecule has 0 aliphatic rings. The van der Waals surface area contributed by atoms with Gasteiger partial charge in [-0.05, 0) is 30.7 Å². The molecule has 0 bridgehead atoms. The van der Waals surface area contributed by atoms with Crippen molar-refractivity contribution < 1.29 is 13.2 Å². The Balaban J connectivity index is 1.82. The fourth-order valence-electron chi connectivity index (χ4n) is 1.94. The third-order valence-electron chi connectivity index (χ3n) is 2.94. The first-order valence-corrected chi connectivity index (χ1v) is 8.67. The lowest BCUT2D eigenvalue weighted by atomic mass is 10.3. The number of rotatable bonds is 7. The third kappa shape index (κ3) is 4.79. The Bertz CT molecular complexity index is 669. The molecule has 0 aliphatic heterocycles. The Labute approximate surface area is 125 Å². The van der Waals surface area contributed by atoms with Crippen molar-refractivity contribution in [3.8, 4) is 5.75 Å². The molecule has 2 aromatic rings. The molecule has 0 saturated heterocycles. The van der Waals surface area contributed by atoms with Crippen LogP contribution in [-0.2, 0) is 9.84 Å². The van der Waals surface area contributed by atoms with Gasteiger partial charge in [0.1, 0.15) is 5.75 Å². The summed E-state index contributed by atoms with van der Waals surface area (Å²) in [6.07, 6.45) is 2.00. The fraction of sp³-hybridized carbons (Fsp3) is 0.250. The average molecular weight is 305 g/mol. The van der Waals surface area contributed by atoms with Crippen molar-refractivity contribution in [2.24, 2.45) is 0 Å². The minimum atomic E-state index is -3.21. The zero-order valence-corrected chi connectivity index (χ0v) is 12.8. The molecule has 0 aromatic heterocycles. The molecule has 0 unspecified atom stereocenters. The van der Waals surface area contributed by atoms with Crippen LogP contribution in [0.25, 0.3) is 0 Å². The van der Waals surface area contributed by atoms with Gasteiger partial charge >= 0.3 is 0 Å². The molecule has 0 fully saturated rings. The van der Waals surface area contributed by atoms with Gasteiger partial charge in [0.05, 0.1) is 17.2 Å². The Kier molecular flexibility index (Phi) is 5.22. The number of para-hydroxylation sites is 2. The van der Waals surface area contributed by atoms with E-state index in [0.29, 0.717) is 23.7 Å². The molecular formula is C16H19NO3S. The lowest BCUT2D eigenvalue weighted by Crippen LogP contribution is -2.10. The van der Waals surface area contributed by atoms with Crippen molar-refractivity contribution in [1.82, 2.24) is 0 Å². The average Bonchev–Trinajstić information content (AvgIpc) is 2.47. The molecule has 2 rings (SSSR count). The minimum Gasteiger partial charge on any atom is -0.494 e. The highest BCUT2D eigenvalue weighted by molar-refractivity contribution is 7.90. The van der Waals surface area contributed by atoms with Crippen molar-refractivity contribution in [3.63, 3.8) is 0 Å². The molecule has 4 nitrogen and oxygen atoms in total. The maximum Gasteiger partial charge on any atom is 0.177 e. The summed E-state index contributed by atoms with van der Waals surface area (Å²) in [6, 6.07) is 16.5. The van der Waals surface area contributed by atoms with Crippen molar-refractivity contribution >= 4 is 15.5 Å². The molecular weight excluding hydrogens is 286 g/mol. The third-order valence-corrected chi connectivity index (χ3v) is 4.09. The second-order valence-electron chi connectivity index (χ2n) is 4.71. The van der Waals surface area contributed by atoms with Crippen LogP contribution in [0, 0.1) is 0 Å². The van der Waals surface area contributed by atoms with Gasteiger partial charge in [-0.2, -0.15) is 0 Å². The summed E-state index contributed by atoms with van der Waals surface area (Å²) in [6.45, 7) is 1.23. The maximum atomic E-state index is 11.7. The van der Waals surface area contributed by atoms with E-state index in [4.69, 9.17) is 4.74 Å². The van der Waals surface area contributed by atoms with Crippen molar-refractivity contribution in [1.29, 1.82) is 0 Å². The van der Waals surface area contributed by atoms with Crippen molar-refractivity contribution in [3.05, 3.63) is 54.6 Å². The van der Waals surface area contributed by atoms with E-state index >= 15 is 0 Å². The number of ether oxygens (including phenoxy) is 1. The summed E-state index contributed by atoms with van der Waals surface area (Å²) in [5.41, 5.74) is 0.639. The first-order valence-electron chi connectivity index (χ1n) is 6.78. The fourth-order valence-corrected chi connectivity index (χ4v) is 2.80. The topological polar surface area (TPSA) is 55.4 Å². The largest absolute Gasteiger partial charge is 0.494 e. The van der Waals surface area contributed by atoms with Crippen LogP contribution in [0.3, 0.4) is 0 Å². The van der Waals surface area contributed by atoms with Gasteiger partial charge in [-0.15, -0.1) is 0 Å². The predicted octanol–water partition coefficient (Wildman–Crippen LogP) is 2.97. The van der Waals surface area contributed by atoms with E-state index in [1.54, 1.807) is 18.2 Å². The molecule has 0 radical (unpaired) electrons. The first kappa shape index (κ1) is 15.4.